The van der Waals surface area contributed by atoms with Gasteiger partial charge in [-0.1, -0.05) is 63.5 Å². The smallest absolute Gasteiger partial charge is 0.550 e. The molecule has 0 aliphatic rings. The third-order valence-corrected chi connectivity index (χ3v) is 4.08. The SMILES string of the molecule is C=CCCCCCCCCC(=O)[O-].C=CCCCCCCCCC(=O)[O-].[Zn+2].[Zn+2]. The van der Waals surface area contributed by atoms with Gasteiger partial charge in [-0.05, 0) is 51.4 Å². The summed E-state index contributed by atoms with van der Waals surface area (Å²) in [6.07, 6.45) is 19.7. The number of aliphatic carboxylic acids is 2. The predicted molar refractivity (Wildman–Crippen MR) is 104 cm³/mol. The maximum atomic E-state index is 10.1. The van der Waals surface area contributed by atoms with E-state index >= 15 is 0 Å². The molecule has 0 bridgehead atoms. The van der Waals surface area contributed by atoms with Crippen molar-refractivity contribution in [3.63, 3.8) is 0 Å². The Bertz CT molecular complexity index is 326. The average Bonchev–Trinajstić information content (AvgIpc) is 2.60. The molecule has 0 aromatic carbocycles. The van der Waals surface area contributed by atoms with Gasteiger partial charge in [-0.2, -0.15) is 0 Å². The molecular weight excluding hydrogens is 459 g/mol. The van der Waals surface area contributed by atoms with E-state index in [9.17, 15) is 19.8 Å². The Hall–Kier alpha value is -0.333. The van der Waals surface area contributed by atoms with E-state index in [1.807, 2.05) is 12.2 Å². The fraction of sp³-hybridized carbons (Fsp3) is 0.727. The summed E-state index contributed by atoms with van der Waals surface area (Å²) in [4.78, 5) is 20.1. The zero-order valence-corrected chi connectivity index (χ0v) is 23.9. The predicted octanol–water partition coefficient (Wildman–Crippen LogP) is 4.08. The molecule has 0 unspecified atom stereocenters. The molecule has 28 heavy (non-hydrogen) atoms. The minimum absolute atomic E-state index is 0. The van der Waals surface area contributed by atoms with E-state index in [2.05, 4.69) is 13.2 Å². The van der Waals surface area contributed by atoms with Gasteiger partial charge in [0.2, 0.25) is 0 Å². The molecule has 0 atom stereocenters. The number of rotatable bonds is 18. The van der Waals surface area contributed by atoms with E-state index < -0.39 is 11.9 Å². The molecule has 0 aromatic rings. The second-order valence-electron chi connectivity index (χ2n) is 6.64. The molecule has 0 aliphatic carbocycles. The molecule has 4 nitrogen and oxygen atoms in total. The molecule has 0 aliphatic heterocycles. The molecular formula is C22H38O4Zn2+2. The normalized spacial score (nSPS) is 9.14. The van der Waals surface area contributed by atoms with Crippen molar-refractivity contribution in [3.05, 3.63) is 25.3 Å². The molecule has 0 rings (SSSR count). The molecule has 0 amide bonds. The van der Waals surface area contributed by atoms with E-state index in [1.54, 1.807) is 0 Å². The summed E-state index contributed by atoms with van der Waals surface area (Å²) in [5, 5.41) is 20.1. The van der Waals surface area contributed by atoms with Gasteiger partial charge in [0.15, 0.2) is 0 Å². The van der Waals surface area contributed by atoms with Crippen LogP contribution in [0.1, 0.15) is 103 Å². The summed E-state index contributed by atoms with van der Waals surface area (Å²) in [6.45, 7) is 7.31. The van der Waals surface area contributed by atoms with Crippen molar-refractivity contribution in [1.82, 2.24) is 0 Å². The summed E-state index contributed by atoms with van der Waals surface area (Å²) in [6, 6.07) is 0. The van der Waals surface area contributed by atoms with Crippen molar-refractivity contribution in [2.75, 3.05) is 0 Å². The first-order valence-corrected chi connectivity index (χ1v) is 10.2. The third kappa shape index (κ3) is 40.4. The van der Waals surface area contributed by atoms with Gasteiger partial charge in [-0.3, -0.25) is 0 Å². The van der Waals surface area contributed by atoms with Crippen LogP contribution in [0.25, 0.3) is 0 Å². The second-order valence-corrected chi connectivity index (χ2v) is 6.64. The monoisotopic (exact) mass is 494 g/mol. The van der Waals surface area contributed by atoms with Crippen molar-refractivity contribution >= 4 is 11.9 Å². The van der Waals surface area contributed by atoms with Crippen LogP contribution in [-0.4, -0.2) is 11.9 Å². The fourth-order valence-corrected chi connectivity index (χ4v) is 2.53. The number of hydrogen-bond donors (Lipinski definition) is 0. The first-order valence-electron chi connectivity index (χ1n) is 10.2. The number of unbranched alkanes of at least 4 members (excludes halogenated alkanes) is 12. The molecule has 0 spiro atoms. The minimum atomic E-state index is -0.924. The zero-order valence-electron chi connectivity index (χ0n) is 17.9. The van der Waals surface area contributed by atoms with Crippen LogP contribution in [0, 0.1) is 0 Å². The van der Waals surface area contributed by atoms with E-state index in [4.69, 9.17) is 0 Å². The summed E-state index contributed by atoms with van der Waals surface area (Å²) in [7, 11) is 0. The van der Waals surface area contributed by atoms with Crippen molar-refractivity contribution in [3.8, 4) is 0 Å². The molecule has 0 radical (unpaired) electrons. The maximum Gasteiger partial charge on any atom is 2.00 e. The maximum absolute atomic E-state index is 10.1. The van der Waals surface area contributed by atoms with Gasteiger partial charge in [0.1, 0.15) is 0 Å². The zero-order chi connectivity index (χ0) is 19.9. The van der Waals surface area contributed by atoms with E-state index in [0.29, 0.717) is 0 Å². The van der Waals surface area contributed by atoms with Gasteiger partial charge >= 0.3 is 39.0 Å². The standard InChI is InChI=1S/2C11H20O2.2Zn/c2*1-2-3-4-5-6-7-8-9-10-11(12)13;;/h2*2H,1,3-10H2,(H,12,13);;/q;;2*+2/p-2. The third-order valence-electron chi connectivity index (χ3n) is 4.08. The molecule has 0 fully saturated rings. The summed E-state index contributed by atoms with van der Waals surface area (Å²) in [5.74, 6) is -1.85. The first-order chi connectivity index (χ1) is 12.5. The Labute approximate surface area is 198 Å². The van der Waals surface area contributed by atoms with Gasteiger partial charge in [0.05, 0.1) is 0 Å². The van der Waals surface area contributed by atoms with Crippen LogP contribution in [0.2, 0.25) is 0 Å². The number of carbonyl (C=O) groups excluding carboxylic acids is 2. The van der Waals surface area contributed by atoms with Gasteiger partial charge in [-0.25, -0.2) is 0 Å². The summed E-state index contributed by atoms with van der Waals surface area (Å²) >= 11 is 0. The van der Waals surface area contributed by atoms with E-state index in [1.165, 1.54) is 38.5 Å². The Morgan fingerprint density at radius 2 is 0.786 bits per heavy atom. The van der Waals surface area contributed by atoms with Crippen molar-refractivity contribution < 1.29 is 58.8 Å². The molecule has 0 aromatic heterocycles. The summed E-state index contributed by atoms with van der Waals surface area (Å²) in [5.41, 5.74) is 0. The molecule has 0 heterocycles. The Morgan fingerprint density at radius 3 is 1.04 bits per heavy atom. The molecule has 6 heteroatoms. The van der Waals surface area contributed by atoms with Crippen LogP contribution < -0.4 is 10.2 Å². The van der Waals surface area contributed by atoms with Gasteiger partial charge in [0.25, 0.3) is 0 Å². The Balaban J connectivity index is -0.000000192. The number of allylic oxidation sites excluding steroid dienone is 2. The number of carboxylic acids is 2. The molecule has 152 valence electrons. The van der Waals surface area contributed by atoms with E-state index in [0.717, 1.165) is 51.4 Å². The van der Waals surface area contributed by atoms with Crippen LogP contribution >= 0.6 is 0 Å². The van der Waals surface area contributed by atoms with Crippen LogP contribution in [0.5, 0.6) is 0 Å². The average molecular weight is 497 g/mol. The van der Waals surface area contributed by atoms with Gasteiger partial charge in [0, 0.05) is 11.9 Å². The molecule has 0 saturated carbocycles. The summed E-state index contributed by atoms with van der Waals surface area (Å²) < 4.78 is 0. The van der Waals surface area contributed by atoms with Crippen LogP contribution in [-0.2, 0) is 48.5 Å². The quantitative estimate of drug-likeness (QED) is 0.162. The molecule has 0 N–H and O–H groups in total. The van der Waals surface area contributed by atoms with Crippen LogP contribution in [0.4, 0.5) is 0 Å². The number of hydrogen-bond acceptors (Lipinski definition) is 4. The Morgan fingerprint density at radius 1 is 0.536 bits per heavy atom. The van der Waals surface area contributed by atoms with Crippen molar-refractivity contribution in [2.45, 2.75) is 103 Å². The van der Waals surface area contributed by atoms with Gasteiger partial charge < -0.3 is 19.8 Å². The fourth-order valence-electron chi connectivity index (χ4n) is 2.53. The Kier molecular flexibility index (Phi) is 39.3. The van der Waals surface area contributed by atoms with Crippen LogP contribution in [0.15, 0.2) is 25.3 Å². The largest absolute Gasteiger partial charge is 2.00 e. The van der Waals surface area contributed by atoms with Crippen molar-refractivity contribution in [1.29, 1.82) is 0 Å². The van der Waals surface area contributed by atoms with Gasteiger partial charge in [-0.15, -0.1) is 13.2 Å². The molecule has 0 saturated heterocycles. The minimum Gasteiger partial charge on any atom is -0.550 e. The number of carboxylic acid groups (broad SMARTS) is 2. The number of carbonyl (C=O) groups is 2. The van der Waals surface area contributed by atoms with E-state index in [-0.39, 0.29) is 51.8 Å². The first kappa shape index (κ1) is 35.1. The van der Waals surface area contributed by atoms with Crippen LogP contribution in [0.3, 0.4) is 0 Å². The van der Waals surface area contributed by atoms with Crippen molar-refractivity contribution in [2.24, 2.45) is 0 Å². The topological polar surface area (TPSA) is 80.3 Å². The second kappa shape index (κ2) is 31.4.